The van der Waals surface area contributed by atoms with Gasteiger partial charge >= 0.3 is 0 Å². The number of nitrogens with one attached hydrogen (secondary N) is 2. The van der Waals surface area contributed by atoms with Crippen LogP contribution in [0.2, 0.25) is 0 Å². The fourth-order valence-corrected chi connectivity index (χ4v) is 1.64. The first kappa shape index (κ1) is 13.0. The van der Waals surface area contributed by atoms with Crippen LogP contribution in [0.4, 0.5) is 5.82 Å². The minimum Gasteiger partial charge on any atom is -0.330 e. The van der Waals surface area contributed by atoms with Crippen LogP contribution in [0.25, 0.3) is 0 Å². The maximum atomic E-state index is 12.0. The molecule has 6 nitrogen and oxygen atoms in total. The third-order valence-corrected chi connectivity index (χ3v) is 2.54. The normalized spacial score (nSPS) is 10.2. The summed E-state index contributed by atoms with van der Waals surface area (Å²) in [5, 5.41) is 8.57. The number of carbonyl (C=O) groups excluding carboxylic acids is 1. The molecular weight excluding hydrogens is 244 g/mol. The number of anilines is 1. The number of hydrogen-bond donors (Lipinski definition) is 3. The van der Waals surface area contributed by atoms with Gasteiger partial charge < -0.3 is 11.1 Å². The molecule has 0 radical (unpaired) electrons. The second-order valence-electron chi connectivity index (χ2n) is 4.00. The summed E-state index contributed by atoms with van der Waals surface area (Å²) in [5.74, 6) is 0.0206. The van der Waals surface area contributed by atoms with Crippen molar-refractivity contribution in [1.82, 2.24) is 10.2 Å². The highest BCUT2D eigenvalue weighted by Gasteiger charge is 2.07. The Balaban J connectivity index is 2.13. The van der Waals surface area contributed by atoms with Gasteiger partial charge in [0.15, 0.2) is 5.82 Å². The third kappa shape index (κ3) is 3.49. The number of H-pyrrole nitrogens is 1. The van der Waals surface area contributed by atoms with Gasteiger partial charge in [0.25, 0.3) is 11.5 Å². The van der Waals surface area contributed by atoms with E-state index in [0.29, 0.717) is 17.9 Å². The quantitative estimate of drug-likeness (QED) is 0.744. The zero-order valence-corrected chi connectivity index (χ0v) is 10.2. The van der Waals surface area contributed by atoms with Gasteiger partial charge in [0, 0.05) is 11.6 Å². The van der Waals surface area contributed by atoms with Crippen LogP contribution in [0.3, 0.4) is 0 Å². The summed E-state index contributed by atoms with van der Waals surface area (Å²) in [5.41, 5.74) is 6.69. The molecule has 0 bridgehead atoms. The van der Waals surface area contributed by atoms with E-state index in [1.165, 1.54) is 12.1 Å². The number of hydrogen-bond acceptors (Lipinski definition) is 4. The Bertz CT molecular complexity index is 616. The Labute approximate surface area is 109 Å². The molecule has 19 heavy (non-hydrogen) atoms. The molecule has 6 heteroatoms. The van der Waals surface area contributed by atoms with Crippen molar-refractivity contribution in [2.45, 2.75) is 6.42 Å². The lowest BCUT2D eigenvalue weighted by atomic mass is 10.1. The SMILES string of the molecule is NCCc1cccc(C(=O)Nc2ccc(=O)[nH]n2)c1. The third-order valence-electron chi connectivity index (χ3n) is 2.54. The Morgan fingerprint density at radius 2 is 2.16 bits per heavy atom. The molecule has 0 fully saturated rings. The minimum absolute atomic E-state index is 0.279. The van der Waals surface area contributed by atoms with Gasteiger partial charge in [-0.15, -0.1) is 0 Å². The molecule has 2 aromatic rings. The fraction of sp³-hybridized carbons (Fsp3) is 0.154. The molecule has 2 rings (SSSR count). The van der Waals surface area contributed by atoms with Crippen LogP contribution in [0, 0.1) is 0 Å². The number of aromatic amines is 1. The molecule has 1 heterocycles. The summed E-state index contributed by atoms with van der Waals surface area (Å²) in [7, 11) is 0. The molecule has 0 aliphatic rings. The number of rotatable bonds is 4. The lowest BCUT2D eigenvalue weighted by Crippen LogP contribution is -2.16. The van der Waals surface area contributed by atoms with E-state index in [1.807, 2.05) is 6.07 Å². The van der Waals surface area contributed by atoms with Crippen molar-refractivity contribution in [3.63, 3.8) is 0 Å². The molecule has 0 atom stereocenters. The number of nitrogens with two attached hydrogens (primary N) is 1. The molecule has 0 saturated heterocycles. The lowest BCUT2D eigenvalue weighted by molar-refractivity contribution is 0.102. The molecule has 0 aliphatic carbocycles. The molecule has 0 unspecified atom stereocenters. The van der Waals surface area contributed by atoms with Gasteiger partial charge in [0.05, 0.1) is 0 Å². The van der Waals surface area contributed by atoms with Gasteiger partial charge in [0.2, 0.25) is 0 Å². The van der Waals surface area contributed by atoms with E-state index in [9.17, 15) is 9.59 Å². The molecule has 0 aliphatic heterocycles. The Kier molecular flexibility index (Phi) is 4.04. The van der Waals surface area contributed by atoms with Gasteiger partial charge in [-0.2, -0.15) is 5.10 Å². The Morgan fingerprint density at radius 1 is 1.32 bits per heavy atom. The van der Waals surface area contributed by atoms with E-state index in [-0.39, 0.29) is 11.5 Å². The molecule has 1 aromatic carbocycles. The maximum absolute atomic E-state index is 12.0. The average molecular weight is 258 g/mol. The number of nitrogens with zero attached hydrogens (tertiary/aromatic N) is 1. The van der Waals surface area contributed by atoms with Crippen molar-refractivity contribution < 1.29 is 4.79 Å². The van der Waals surface area contributed by atoms with Crippen LogP contribution < -0.4 is 16.6 Å². The van der Waals surface area contributed by atoms with Crippen molar-refractivity contribution in [2.75, 3.05) is 11.9 Å². The molecule has 98 valence electrons. The zero-order chi connectivity index (χ0) is 13.7. The first-order chi connectivity index (χ1) is 9.19. The summed E-state index contributed by atoms with van der Waals surface area (Å²) in [4.78, 5) is 22.8. The highest BCUT2D eigenvalue weighted by atomic mass is 16.2. The Hall–Kier alpha value is -2.47. The van der Waals surface area contributed by atoms with Crippen LogP contribution in [0.15, 0.2) is 41.2 Å². The van der Waals surface area contributed by atoms with Gasteiger partial charge in [-0.25, -0.2) is 5.10 Å². The summed E-state index contributed by atoms with van der Waals surface area (Å²) < 4.78 is 0. The van der Waals surface area contributed by atoms with Crippen molar-refractivity contribution in [3.05, 3.63) is 57.9 Å². The van der Waals surface area contributed by atoms with Gasteiger partial charge in [0.1, 0.15) is 0 Å². The van der Waals surface area contributed by atoms with E-state index in [4.69, 9.17) is 5.73 Å². The highest BCUT2D eigenvalue weighted by molar-refractivity contribution is 6.03. The van der Waals surface area contributed by atoms with Gasteiger partial charge in [-0.1, -0.05) is 12.1 Å². The van der Waals surface area contributed by atoms with E-state index < -0.39 is 0 Å². The van der Waals surface area contributed by atoms with E-state index in [1.54, 1.807) is 18.2 Å². The second kappa shape index (κ2) is 5.92. The van der Waals surface area contributed by atoms with Crippen molar-refractivity contribution >= 4 is 11.7 Å². The van der Waals surface area contributed by atoms with E-state index >= 15 is 0 Å². The summed E-state index contributed by atoms with van der Waals surface area (Å²) in [6.07, 6.45) is 0.720. The van der Waals surface area contributed by atoms with Crippen LogP contribution in [0.1, 0.15) is 15.9 Å². The van der Waals surface area contributed by atoms with E-state index in [2.05, 4.69) is 15.5 Å². The predicted molar refractivity (Wildman–Crippen MR) is 72.0 cm³/mol. The second-order valence-corrected chi connectivity index (χ2v) is 4.00. The van der Waals surface area contributed by atoms with Crippen molar-refractivity contribution in [2.24, 2.45) is 5.73 Å². The van der Waals surface area contributed by atoms with Crippen LogP contribution in [-0.2, 0) is 6.42 Å². The standard InChI is InChI=1S/C13H14N4O2/c14-7-6-9-2-1-3-10(8-9)13(19)15-11-4-5-12(18)17-16-11/h1-5,8H,6-7,14H2,(H,17,18)(H,15,16,19). The van der Waals surface area contributed by atoms with Crippen molar-refractivity contribution in [1.29, 1.82) is 0 Å². The van der Waals surface area contributed by atoms with Gasteiger partial charge in [-0.05, 0) is 36.7 Å². The topological polar surface area (TPSA) is 101 Å². The predicted octanol–water partition coefficient (Wildman–Crippen LogP) is 0.523. The maximum Gasteiger partial charge on any atom is 0.264 e. The smallest absolute Gasteiger partial charge is 0.264 e. The van der Waals surface area contributed by atoms with Crippen LogP contribution in [-0.4, -0.2) is 22.6 Å². The summed E-state index contributed by atoms with van der Waals surface area (Å²) in [6.45, 7) is 0.534. The van der Waals surface area contributed by atoms with Crippen LogP contribution >= 0.6 is 0 Å². The molecule has 1 aromatic heterocycles. The number of aromatic nitrogens is 2. The van der Waals surface area contributed by atoms with Crippen molar-refractivity contribution in [3.8, 4) is 0 Å². The number of amides is 1. The molecule has 0 saturated carbocycles. The minimum atomic E-state index is -0.317. The number of benzene rings is 1. The summed E-state index contributed by atoms with van der Waals surface area (Å²) >= 11 is 0. The first-order valence-corrected chi connectivity index (χ1v) is 5.85. The Morgan fingerprint density at radius 3 is 2.84 bits per heavy atom. The molecule has 0 spiro atoms. The average Bonchev–Trinajstić information content (AvgIpc) is 2.42. The molecule has 1 amide bonds. The van der Waals surface area contributed by atoms with E-state index in [0.717, 1.165) is 12.0 Å². The monoisotopic (exact) mass is 258 g/mol. The molecular formula is C13H14N4O2. The first-order valence-electron chi connectivity index (χ1n) is 5.85. The highest BCUT2D eigenvalue weighted by Crippen LogP contribution is 2.08. The van der Waals surface area contributed by atoms with Crippen LogP contribution in [0.5, 0.6) is 0 Å². The summed E-state index contributed by atoms with van der Waals surface area (Å²) in [6, 6.07) is 9.96. The zero-order valence-electron chi connectivity index (χ0n) is 10.2. The lowest BCUT2D eigenvalue weighted by Gasteiger charge is -2.05. The number of carbonyl (C=O) groups is 1. The fourth-order valence-electron chi connectivity index (χ4n) is 1.64. The largest absolute Gasteiger partial charge is 0.330 e. The van der Waals surface area contributed by atoms with Gasteiger partial charge in [-0.3, -0.25) is 9.59 Å². The molecule has 4 N–H and O–H groups in total.